The second kappa shape index (κ2) is 7.89. The van der Waals surface area contributed by atoms with Crippen LogP contribution in [0.25, 0.3) is 0 Å². The Kier molecular flexibility index (Phi) is 5.17. The summed E-state index contributed by atoms with van der Waals surface area (Å²) in [5.41, 5.74) is 4.03. The minimum atomic E-state index is -0.414. The van der Waals surface area contributed by atoms with Crippen molar-refractivity contribution < 1.29 is 0 Å². The van der Waals surface area contributed by atoms with Crippen molar-refractivity contribution in [1.82, 2.24) is 0 Å². The van der Waals surface area contributed by atoms with Gasteiger partial charge in [0.25, 0.3) is 0 Å². The Morgan fingerprint density at radius 3 is 1.67 bits per heavy atom. The van der Waals surface area contributed by atoms with Gasteiger partial charge in [-0.3, -0.25) is 4.99 Å². The number of nitrogens with zero attached hydrogens (tertiary/aromatic N) is 2. The Balaban J connectivity index is 1.98. The van der Waals surface area contributed by atoms with Gasteiger partial charge in [0.15, 0.2) is 0 Å². The molecular weight excluding hydrogens is 292 g/mol. The quantitative estimate of drug-likeness (QED) is 0.631. The predicted molar refractivity (Wildman–Crippen MR) is 98.1 cm³/mol. The molecule has 0 N–H and O–H groups in total. The summed E-state index contributed by atoms with van der Waals surface area (Å²) in [6.45, 7) is 0. The molecule has 0 amide bonds. The standard InChI is InChI=1S/C22H18N2/c23-17-21(16-18-10-4-1-5-11-18)24-22(19-12-6-2-7-13-19)20-14-8-3-9-15-20/h1-15,21H,16H2. The van der Waals surface area contributed by atoms with Gasteiger partial charge in [0.05, 0.1) is 11.8 Å². The van der Waals surface area contributed by atoms with Crippen molar-refractivity contribution in [2.75, 3.05) is 0 Å². The third-order valence-corrected chi connectivity index (χ3v) is 3.80. The van der Waals surface area contributed by atoms with Gasteiger partial charge in [0.1, 0.15) is 6.04 Å². The van der Waals surface area contributed by atoms with Gasteiger partial charge in [0, 0.05) is 17.5 Å². The lowest BCUT2D eigenvalue weighted by Crippen LogP contribution is -2.12. The van der Waals surface area contributed by atoms with Gasteiger partial charge < -0.3 is 0 Å². The zero-order chi connectivity index (χ0) is 16.6. The average molecular weight is 310 g/mol. The van der Waals surface area contributed by atoms with Crippen LogP contribution in [0.1, 0.15) is 16.7 Å². The number of rotatable bonds is 5. The van der Waals surface area contributed by atoms with E-state index in [1.54, 1.807) is 0 Å². The van der Waals surface area contributed by atoms with Crippen molar-refractivity contribution in [2.24, 2.45) is 4.99 Å². The van der Waals surface area contributed by atoms with Crippen LogP contribution in [0, 0.1) is 11.3 Å². The first-order chi connectivity index (χ1) is 11.9. The lowest BCUT2D eigenvalue weighted by Gasteiger charge is -2.11. The molecular formula is C22H18N2. The number of hydrogen-bond acceptors (Lipinski definition) is 2. The second-order valence-electron chi connectivity index (χ2n) is 5.54. The van der Waals surface area contributed by atoms with E-state index in [2.05, 4.69) is 6.07 Å². The molecule has 3 aromatic rings. The highest BCUT2D eigenvalue weighted by atomic mass is 14.8. The largest absolute Gasteiger partial charge is 0.265 e. The third-order valence-electron chi connectivity index (χ3n) is 3.80. The van der Waals surface area contributed by atoms with Crippen LogP contribution in [-0.4, -0.2) is 11.8 Å². The topological polar surface area (TPSA) is 36.1 Å². The van der Waals surface area contributed by atoms with Gasteiger partial charge in [-0.05, 0) is 5.56 Å². The van der Waals surface area contributed by atoms with Gasteiger partial charge in [-0.25, -0.2) is 0 Å². The molecule has 1 unspecified atom stereocenters. The van der Waals surface area contributed by atoms with Crippen LogP contribution in [0.3, 0.4) is 0 Å². The van der Waals surface area contributed by atoms with Crippen molar-refractivity contribution in [3.05, 3.63) is 108 Å². The van der Waals surface area contributed by atoms with Gasteiger partial charge in [-0.2, -0.15) is 5.26 Å². The molecule has 3 aromatic carbocycles. The van der Waals surface area contributed by atoms with E-state index in [1.807, 2.05) is 91.0 Å². The van der Waals surface area contributed by atoms with Crippen LogP contribution in [0.5, 0.6) is 0 Å². The highest BCUT2D eigenvalue weighted by molar-refractivity contribution is 6.13. The lowest BCUT2D eigenvalue weighted by atomic mass is 10.0. The van der Waals surface area contributed by atoms with Crippen LogP contribution in [0.15, 0.2) is 96.0 Å². The molecule has 0 spiro atoms. The highest BCUT2D eigenvalue weighted by Crippen LogP contribution is 2.14. The fourth-order valence-electron chi connectivity index (χ4n) is 2.62. The second-order valence-corrected chi connectivity index (χ2v) is 5.54. The molecule has 0 aliphatic carbocycles. The highest BCUT2D eigenvalue weighted by Gasteiger charge is 2.12. The van der Waals surface area contributed by atoms with E-state index in [0.29, 0.717) is 6.42 Å². The Bertz CT molecular complexity index is 790. The number of nitriles is 1. The molecule has 2 nitrogen and oxygen atoms in total. The molecule has 0 saturated heterocycles. The molecule has 0 heterocycles. The van der Waals surface area contributed by atoms with E-state index in [1.165, 1.54) is 0 Å². The van der Waals surface area contributed by atoms with Gasteiger partial charge in [-0.1, -0.05) is 91.0 Å². The zero-order valence-electron chi connectivity index (χ0n) is 13.3. The minimum absolute atomic E-state index is 0.414. The summed E-state index contributed by atoms with van der Waals surface area (Å²) >= 11 is 0. The van der Waals surface area contributed by atoms with Crippen LogP contribution in [0.4, 0.5) is 0 Å². The summed E-state index contributed by atoms with van der Waals surface area (Å²) in [5.74, 6) is 0. The van der Waals surface area contributed by atoms with E-state index in [4.69, 9.17) is 4.99 Å². The molecule has 0 aromatic heterocycles. The van der Waals surface area contributed by atoms with E-state index < -0.39 is 6.04 Å². The molecule has 0 bridgehead atoms. The minimum Gasteiger partial charge on any atom is -0.265 e. The molecule has 2 heteroatoms. The summed E-state index contributed by atoms with van der Waals surface area (Å²) in [4.78, 5) is 4.79. The fourth-order valence-corrected chi connectivity index (χ4v) is 2.62. The van der Waals surface area contributed by atoms with E-state index in [-0.39, 0.29) is 0 Å². The van der Waals surface area contributed by atoms with Gasteiger partial charge >= 0.3 is 0 Å². The van der Waals surface area contributed by atoms with E-state index in [9.17, 15) is 5.26 Å². The molecule has 0 fully saturated rings. The molecule has 0 aliphatic heterocycles. The normalized spacial score (nSPS) is 11.3. The third kappa shape index (κ3) is 3.97. The first kappa shape index (κ1) is 15.7. The summed E-state index contributed by atoms with van der Waals surface area (Å²) in [5, 5.41) is 9.57. The van der Waals surface area contributed by atoms with Crippen LogP contribution >= 0.6 is 0 Å². The molecule has 0 radical (unpaired) electrons. The maximum absolute atomic E-state index is 9.57. The summed E-state index contributed by atoms with van der Waals surface area (Å²) in [6, 6.07) is 32.0. The Morgan fingerprint density at radius 2 is 1.21 bits per heavy atom. The molecule has 116 valence electrons. The lowest BCUT2D eigenvalue weighted by molar-refractivity contribution is 0.825. The van der Waals surface area contributed by atoms with Crippen molar-refractivity contribution in [2.45, 2.75) is 12.5 Å². The summed E-state index contributed by atoms with van der Waals surface area (Å²) in [7, 11) is 0. The molecule has 0 aliphatic rings. The van der Waals surface area contributed by atoms with Crippen LogP contribution < -0.4 is 0 Å². The average Bonchev–Trinajstić information content (AvgIpc) is 2.67. The van der Waals surface area contributed by atoms with Crippen molar-refractivity contribution in [1.29, 1.82) is 5.26 Å². The first-order valence-electron chi connectivity index (χ1n) is 7.99. The van der Waals surface area contributed by atoms with Gasteiger partial charge in [0.2, 0.25) is 0 Å². The molecule has 24 heavy (non-hydrogen) atoms. The predicted octanol–water partition coefficient (Wildman–Crippen LogP) is 4.66. The van der Waals surface area contributed by atoms with Gasteiger partial charge in [-0.15, -0.1) is 0 Å². The van der Waals surface area contributed by atoms with Crippen molar-refractivity contribution in [3.63, 3.8) is 0 Å². The first-order valence-corrected chi connectivity index (χ1v) is 7.99. The number of benzene rings is 3. The van der Waals surface area contributed by atoms with E-state index in [0.717, 1.165) is 22.4 Å². The van der Waals surface area contributed by atoms with Crippen LogP contribution in [0.2, 0.25) is 0 Å². The number of hydrogen-bond donors (Lipinski definition) is 0. The Labute approximate surface area is 142 Å². The van der Waals surface area contributed by atoms with Crippen LogP contribution in [-0.2, 0) is 6.42 Å². The molecule has 0 saturated carbocycles. The van der Waals surface area contributed by atoms with Crippen molar-refractivity contribution in [3.8, 4) is 6.07 Å². The summed E-state index contributed by atoms with van der Waals surface area (Å²) < 4.78 is 0. The number of aliphatic imine (C=N–C) groups is 1. The smallest absolute Gasteiger partial charge is 0.141 e. The molecule has 3 rings (SSSR count). The maximum Gasteiger partial charge on any atom is 0.141 e. The fraction of sp³-hybridized carbons (Fsp3) is 0.0909. The SMILES string of the molecule is N#CC(Cc1ccccc1)N=C(c1ccccc1)c1ccccc1. The zero-order valence-corrected chi connectivity index (χ0v) is 13.3. The molecule has 1 atom stereocenters. The van der Waals surface area contributed by atoms with Crippen molar-refractivity contribution >= 4 is 5.71 Å². The van der Waals surface area contributed by atoms with E-state index >= 15 is 0 Å². The summed E-state index contributed by atoms with van der Waals surface area (Å²) in [6.07, 6.45) is 0.612. The Morgan fingerprint density at radius 1 is 0.750 bits per heavy atom. The monoisotopic (exact) mass is 310 g/mol. The maximum atomic E-state index is 9.57. The Hall–Kier alpha value is -3.18.